The molecular formula is C17H18ClFN2O2. The van der Waals surface area contributed by atoms with Crippen molar-refractivity contribution in [2.45, 2.75) is 13.8 Å². The Morgan fingerprint density at radius 3 is 2.74 bits per heavy atom. The minimum Gasteiger partial charge on any atom is -0.492 e. The fourth-order valence-corrected chi connectivity index (χ4v) is 2.49. The van der Waals surface area contributed by atoms with E-state index < -0.39 is 0 Å². The fourth-order valence-electron chi connectivity index (χ4n) is 2.12. The average molecular weight is 337 g/mol. The minimum atomic E-state index is -0.373. The van der Waals surface area contributed by atoms with Crippen LogP contribution in [0.4, 0.5) is 14.9 Å². The SMILES string of the molecule is Cc1cc(C)c(NC(=O)NCCOc2cccc(F)c2)c(Cl)c1. The van der Waals surface area contributed by atoms with Crippen molar-refractivity contribution >= 4 is 23.3 Å². The third kappa shape index (κ3) is 5.14. The van der Waals surface area contributed by atoms with Gasteiger partial charge in [-0.1, -0.05) is 23.7 Å². The third-order valence-corrected chi connectivity index (χ3v) is 3.42. The summed E-state index contributed by atoms with van der Waals surface area (Å²) in [4.78, 5) is 11.9. The van der Waals surface area contributed by atoms with Gasteiger partial charge in [-0.15, -0.1) is 0 Å². The molecule has 0 bridgehead atoms. The third-order valence-electron chi connectivity index (χ3n) is 3.12. The van der Waals surface area contributed by atoms with E-state index in [9.17, 15) is 9.18 Å². The van der Waals surface area contributed by atoms with Gasteiger partial charge >= 0.3 is 6.03 Å². The zero-order chi connectivity index (χ0) is 16.8. The summed E-state index contributed by atoms with van der Waals surface area (Å²) < 4.78 is 18.3. The Labute approximate surface area is 139 Å². The molecule has 0 saturated heterocycles. The van der Waals surface area contributed by atoms with E-state index in [4.69, 9.17) is 16.3 Å². The normalized spacial score (nSPS) is 10.3. The zero-order valence-electron chi connectivity index (χ0n) is 13.0. The first-order valence-electron chi connectivity index (χ1n) is 7.15. The number of benzene rings is 2. The molecule has 122 valence electrons. The number of hydrogen-bond acceptors (Lipinski definition) is 2. The minimum absolute atomic E-state index is 0.234. The van der Waals surface area contributed by atoms with Gasteiger partial charge in [-0.25, -0.2) is 9.18 Å². The highest BCUT2D eigenvalue weighted by Crippen LogP contribution is 2.27. The summed E-state index contributed by atoms with van der Waals surface area (Å²) in [5, 5.41) is 5.87. The Kier molecular flexibility index (Phi) is 5.82. The Hall–Kier alpha value is -2.27. The van der Waals surface area contributed by atoms with Crippen LogP contribution in [0.15, 0.2) is 36.4 Å². The number of nitrogens with one attached hydrogen (secondary N) is 2. The largest absolute Gasteiger partial charge is 0.492 e. The summed E-state index contributed by atoms with van der Waals surface area (Å²) in [6.07, 6.45) is 0. The van der Waals surface area contributed by atoms with Crippen molar-refractivity contribution < 1.29 is 13.9 Å². The van der Waals surface area contributed by atoms with Gasteiger partial charge < -0.3 is 15.4 Å². The fraction of sp³-hybridized carbons (Fsp3) is 0.235. The van der Waals surface area contributed by atoms with Crippen LogP contribution in [0.1, 0.15) is 11.1 Å². The van der Waals surface area contributed by atoms with Crippen LogP contribution in [0.2, 0.25) is 5.02 Å². The van der Waals surface area contributed by atoms with Crippen LogP contribution < -0.4 is 15.4 Å². The molecule has 0 heterocycles. The summed E-state index contributed by atoms with van der Waals surface area (Å²) in [6, 6.07) is 9.20. The molecule has 0 aliphatic rings. The van der Waals surface area contributed by atoms with Gasteiger partial charge in [0.1, 0.15) is 18.2 Å². The highest BCUT2D eigenvalue weighted by atomic mass is 35.5. The number of halogens is 2. The maximum absolute atomic E-state index is 13.0. The van der Waals surface area contributed by atoms with Crippen molar-refractivity contribution in [2.75, 3.05) is 18.5 Å². The van der Waals surface area contributed by atoms with Gasteiger partial charge in [0.15, 0.2) is 0 Å². The maximum atomic E-state index is 13.0. The summed E-state index contributed by atoms with van der Waals surface area (Å²) in [6.45, 7) is 4.33. The van der Waals surface area contributed by atoms with Gasteiger partial charge in [0.25, 0.3) is 0 Å². The summed E-state index contributed by atoms with van der Waals surface area (Å²) >= 11 is 6.13. The van der Waals surface area contributed by atoms with Crippen LogP contribution in [0.25, 0.3) is 0 Å². The predicted octanol–water partition coefficient (Wildman–Crippen LogP) is 4.30. The molecule has 0 radical (unpaired) electrons. The molecule has 0 aliphatic carbocycles. The monoisotopic (exact) mass is 336 g/mol. The van der Waals surface area contributed by atoms with Crippen LogP contribution in [0.3, 0.4) is 0 Å². The molecule has 0 aliphatic heterocycles. The Bertz CT molecular complexity index is 684. The summed E-state index contributed by atoms with van der Waals surface area (Å²) in [7, 11) is 0. The number of hydrogen-bond donors (Lipinski definition) is 2. The second-order valence-electron chi connectivity index (χ2n) is 5.13. The topological polar surface area (TPSA) is 50.4 Å². The molecule has 2 N–H and O–H groups in total. The molecule has 6 heteroatoms. The first kappa shape index (κ1) is 17.1. The highest BCUT2D eigenvalue weighted by Gasteiger charge is 2.09. The van der Waals surface area contributed by atoms with E-state index in [-0.39, 0.29) is 25.0 Å². The van der Waals surface area contributed by atoms with E-state index in [1.807, 2.05) is 19.9 Å². The second-order valence-corrected chi connectivity index (χ2v) is 5.53. The second kappa shape index (κ2) is 7.83. The Morgan fingerprint density at radius 1 is 1.26 bits per heavy atom. The van der Waals surface area contributed by atoms with Crippen molar-refractivity contribution in [3.8, 4) is 5.75 Å². The van der Waals surface area contributed by atoms with Gasteiger partial charge in [0.2, 0.25) is 0 Å². The first-order chi connectivity index (χ1) is 11.0. The molecule has 2 aromatic rings. The quantitative estimate of drug-likeness (QED) is 0.800. The van der Waals surface area contributed by atoms with Crippen molar-refractivity contribution in [3.63, 3.8) is 0 Å². The van der Waals surface area contributed by atoms with E-state index in [1.54, 1.807) is 18.2 Å². The van der Waals surface area contributed by atoms with Crippen LogP contribution >= 0.6 is 11.6 Å². The van der Waals surface area contributed by atoms with Crippen molar-refractivity contribution in [1.29, 1.82) is 0 Å². The number of carbonyl (C=O) groups excluding carboxylic acids is 1. The maximum Gasteiger partial charge on any atom is 0.319 e. The zero-order valence-corrected chi connectivity index (χ0v) is 13.7. The number of ether oxygens (including phenoxy) is 1. The lowest BCUT2D eigenvalue weighted by Crippen LogP contribution is -2.32. The van der Waals surface area contributed by atoms with Crippen molar-refractivity contribution in [1.82, 2.24) is 5.32 Å². The smallest absolute Gasteiger partial charge is 0.319 e. The van der Waals surface area contributed by atoms with Crippen molar-refractivity contribution in [3.05, 3.63) is 58.4 Å². The predicted molar refractivity (Wildman–Crippen MR) is 89.8 cm³/mol. The van der Waals surface area contributed by atoms with Gasteiger partial charge in [0, 0.05) is 6.07 Å². The van der Waals surface area contributed by atoms with E-state index >= 15 is 0 Å². The number of carbonyl (C=O) groups is 1. The van der Waals surface area contributed by atoms with Gasteiger partial charge in [-0.2, -0.15) is 0 Å². The molecular weight excluding hydrogens is 319 g/mol. The Balaban J connectivity index is 1.80. The lowest BCUT2D eigenvalue weighted by atomic mass is 10.1. The first-order valence-corrected chi connectivity index (χ1v) is 7.53. The van der Waals surface area contributed by atoms with E-state index in [0.717, 1.165) is 11.1 Å². The molecule has 2 aromatic carbocycles. The molecule has 0 unspecified atom stereocenters. The van der Waals surface area contributed by atoms with Gasteiger partial charge in [0.05, 0.1) is 17.3 Å². The average Bonchev–Trinajstić information content (AvgIpc) is 2.47. The standard InChI is InChI=1S/C17H18ClFN2O2/c1-11-8-12(2)16(15(18)9-11)21-17(22)20-6-7-23-14-5-3-4-13(19)10-14/h3-5,8-10H,6-7H2,1-2H3,(H2,20,21,22). The lowest BCUT2D eigenvalue weighted by molar-refractivity contribution is 0.247. The van der Waals surface area contributed by atoms with Crippen LogP contribution in [0.5, 0.6) is 5.75 Å². The molecule has 0 saturated carbocycles. The van der Waals surface area contributed by atoms with E-state index in [1.165, 1.54) is 12.1 Å². The van der Waals surface area contributed by atoms with Gasteiger partial charge in [-0.05, 0) is 43.2 Å². The molecule has 0 spiro atoms. The molecule has 2 rings (SSSR count). The Morgan fingerprint density at radius 2 is 2.04 bits per heavy atom. The van der Waals surface area contributed by atoms with Crippen LogP contribution in [0, 0.1) is 19.7 Å². The molecule has 2 amide bonds. The van der Waals surface area contributed by atoms with E-state index in [0.29, 0.717) is 16.5 Å². The molecule has 23 heavy (non-hydrogen) atoms. The number of rotatable bonds is 5. The van der Waals surface area contributed by atoms with Crippen LogP contribution in [-0.4, -0.2) is 19.2 Å². The molecule has 0 atom stereocenters. The summed E-state index contributed by atoms with van der Waals surface area (Å²) in [5.41, 5.74) is 2.50. The number of urea groups is 1. The molecule has 0 aromatic heterocycles. The molecule has 4 nitrogen and oxygen atoms in total. The highest BCUT2D eigenvalue weighted by molar-refractivity contribution is 6.34. The summed E-state index contributed by atoms with van der Waals surface area (Å²) in [5.74, 6) is 0.0577. The number of amides is 2. The molecule has 0 fully saturated rings. The number of anilines is 1. The number of aryl methyl sites for hydroxylation is 2. The lowest BCUT2D eigenvalue weighted by Gasteiger charge is -2.13. The van der Waals surface area contributed by atoms with Crippen molar-refractivity contribution in [2.24, 2.45) is 0 Å². The van der Waals surface area contributed by atoms with Crippen LogP contribution in [-0.2, 0) is 0 Å². The van der Waals surface area contributed by atoms with Gasteiger partial charge in [-0.3, -0.25) is 0 Å². The van der Waals surface area contributed by atoms with E-state index in [2.05, 4.69) is 10.6 Å².